The van der Waals surface area contributed by atoms with Gasteiger partial charge in [-0.25, -0.2) is 9.59 Å². The minimum absolute atomic E-state index is 0.0174. The molecule has 2 aliphatic rings. The lowest BCUT2D eigenvalue weighted by atomic mass is 9.99. The van der Waals surface area contributed by atoms with Crippen LogP contribution in [0.3, 0.4) is 0 Å². The summed E-state index contributed by atoms with van der Waals surface area (Å²) in [6.07, 6.45) is 0.0201. The molecule has 262 valence electrons. The van der Waals surface area contributed by atoms with Crippen LogP contribution in [-0.4, -0.2) is 78.9 Å². The molecule has 0 saturated carbocycles. The first-order valence-corrected chi connectivity index (χ1v) is 17.2. The van der Waals surface area contributed by atoms with Gasteiger partial charge in [-0.15, -0.1) is 0 Å². The van der Waals surface area contributed by atoms with Crippen molar-refractivity contribution in [1.29, 1.82) is 0 Å². The molecule has 2 fully saturated rings. The molecule has 10 nitrogen and oxygen atoms in total. The summed E-state index contributed by atoms with van der Waals surface area (Å²) in [6, 6.07) is 33.9. The number of benzene rings is 4. The van der Waals surface area contributed by atoms with E-state index in [-0.39, 0.29) is 18.8 Å². The van der Waals surface area contributed by atoms with Gasteiger partial charge < -0.3 is 30.0 Å². The number of aliphatic hydroxyl groups excluding tert-OH is 1. The largest absolute Gasteiger partial charge is 0.467 e. The fourth-order valence-electron chi connectivity index (χ4n) is 6.57. The van der Waals surface area contributed by atoms with E-state index in [0.717, 1.165) is 61.5 Å². The first-order chi connectivity index (χ1) is 24.4. The molecule has 0 unspecified atom stereocenters. The van der Waals surface area contributed by atoms with Crippen molar-refractivity contribution < 1.29 is 28.9 Å². The summed E-state index contributed by atoms with van der Waals surface area (Å²) in [4.78, 5) is 30.5. The first kappa shape index (κ1) is 35.3. The van der Waals surface area contributed by atoms with Crippen LogP contribution >= 0.6 is 0 Å². The van der Waals surface area contributed by atoms with Crippen molar-refractivity contribution in [2.45, 2.75) is 50.5 Å². The van der Waals surface area contributed by atoms with Gasteiger partial charge in [0.2, 0.25) is 0 Å². The maximum Gasteiger partial charge on any atom is 0.328 e. The Morgan fingerprint density at radius 1 is 0.800 bits per heavy atom. The van der Waals surface area contributed by atoms with Crippen LogP contribution in [0.15, 0.2) is 109 Å². The van der Waals surface area contributed by atoms with Crippen molar-refractivity contribution in [2.24, 2.45) is 0 Å². The number of methoxy groups -OCH3 is 1. The molecule has 2 amide bonds. The lowest BCUT2D eigenvalue weighted by Crippen LogP contribution is -2.49. The molecule has 2 heterocycles. The number of carbonyl (C=O) groups excluding carboxylic acids is 2. The number of urea groups is 1. The number of carbonyl (C=O) groups is 2. The fourth-order valence-corrected chi connectivity index (χ4v) is 6.57. The molecule has 3 N–H and O–H groups in total. The van der Waals surface area contributed by atoms with Gasteiger partial charge in [0.05, 0.1) is 25.9 Å². The molecule has 2 aliphatic heterocycles. The van der Waals surface area contributed by atoms with Crippen LogP contribution in [0.1, 0.15) is 46.6 Å². The SMILES string of the molecule is COC(=O)[C@H](Cc1ccccc1)NC(=O)Nc1cccc([C@H]2O[C@@H](CN3CCN(Cc4ccccc4)CC3)C[C@@H](c3ccc(CO)cc3)O2)c1. The molecule has 0 bridgehead atoms. The fraction of sp³-hybridized carbons (Fsp3) is 0.350. The highest BCUT2D eigenvalue weighted by molar-refractivity contribution is 5.92. The standard InChI is InChI=1S/C40H46N4O6/c1-48-38(46)36(23-29-9-4-2-5-10-29)42-40(47)41-34-14-8-13-33(24-34)39-49-35(25-37(50-39)32-17-15-31(28-45)16-18-32)27-44-21-19-43(20-22-44)26-30-11-6-3-7-12-30/h2-18,24,35-37,39,45H,19-23,25-28H2,1H3,(H2,41,42,47)/t35-,36+,37+,39+/m1/s1. The molecule has 0 radical (unpaired) electrons. The number of esters is 1. The van der Waals surface area contributed by atoms with Gasteiger partial charge >= 0.3 is 12.0 Å². The van der Waals surface area contributed by atoms with Crippen LogP contribution in [0.4, 0.5) is 10.5 Å². The number of nitrogens with one attached hydrogen (secondary N) is 2. The van der Waals surface area contributed by atoms with Gasteiger partial charge in [-0.3, -0.25) is 9.80 Å². The lowest BCUT2D eigenvalue weighted by molar-refractivity contribution is -0.253. The van der Waals surface area contributed by atoms with Crippen molar-refractivity contribution in [3.63, 3.8) is 0 Å². The smallest absolute Gasteiger partial charge is 0.328 e. The Labute approximate surface area is 294 Å². The Morgan fingerprint density at radius 3 is 2.16 bits per heavy atom. The minimum Gasteiger partial charge on any atom is -0.467 e. The van der Waals surface area contributed by atoms with Crippen LogP contribution in [0, 0.1) is 0 Å². The van der Waals surface area contributed by atoms with Crippen molar-refractivity contribution in [3.8, 4) is 0 Å². The number of nitrogens with zero attached hydrogens (tertiary/aromatic N) is 2. The summed E-state index contributed by atoms with van der Waals surface area (Å²) in [5.74, 6) is -0.525. The Balaban J connectivity index is 1.12. The monoisotopic (exact) mass is 678 g/mol. The predicted molar refractivity (Wildman–Crippen MR) is 191 cm³/mol. The number of piperazine rings is 1. The van der Waals surface area contributed by atoms with Crippen LogP contribution < -0.4 is 10.6 Å². The molecule has 10 heteroatoms. The second-order valence-electron chi connectivity index (χ2n) is 12.9. The zero-order valence-electron chi connectivity index (χ0n) is 28.4. The molecule has 4 aromatic carbocycles. The van der Waals surface area contributed by atoms with Crippen LogP contribution in [0.25, 0.3) is 0 Å². The molecule has 6 rings (SSSR count). The van der Waals surface area contributed by atoms with Gasteiger partial charge in [0.1, 0.15) is 6.04 Å². The quantitative estimate of drug-likeness (QED) is 0.170. The van der Waals surface area contributed by atoms with E-state index in [1.54, 1.807) is 6.07 Å². The van der Waals surface area contributed by atoms with Crippen molar-refractivity contribution in [1.82, 2.24) is 15.1 Å². The van der Waals surface area contributed by atoms with Gasteiger partial charge in [0, 0.05) is 63.4 Å². The minimum atomic E-state index is -0.852. The second-order valence-corrected chi connectivity index (χ2v) is 12.9. The Hall–Kier alpha value is -4.58. The molecule has 4 aromatic rings. The topological polar surface area (TPSA) is 113 Å². The summed E-state index contributed by atoms with van der Waals surface area (Å²) in [6.45, 7) is 5.61. The van der Waals surface area contributed by atoms with Crippen LogP contribution in [0.2, 0.25) is 0 Å². The maximum atomic E-state index is 13.1. The number of amides is 2. The number of rotatable bonds is 12. The third-order valence-electron chi connectivity index (χ3n) is 9.28. The van der Waals surface area contributed by atoms with Gasteiger partial charge in [-0.1, -0.05) is 97.1 Å². The molecule has 0 aromatic heterocycles. The molecule has 0 spiro atoms. The summed E-state index contributed by atoms with van der Waals surface area (Å²) in [5.41, 5.74) is 5.41. The highest BCUT2D eigenvalue weighted by Gasteiger charge is 2.34. The van der Waals surface area contributed by atoms with Gasteiger partial charge in [0.25, 0.3) is 0 Å². The molecular weight excluding hydrogens is 632 g/mol. The Kier molecular flexibility index (Phi) is 12.3. The van der Waals surface area contributed by atoms with E-state index < -0.39 is 24.3 Å². The maximum absolute atomic E-state index is 13.1. The van der Waals surface area contributed by atoms with Crippen LogP contribution in [-0.2, 0) is 38.6 Å². The summed E-state index contributed by atoms with van der Waals surface area (Å²) in [5, 5.41) is 15.2. The first-order valence-electron chi connectivity index (χ1n) is 17.2. The Bertz CT molecular complexity index is 1660. The average Bonchev–Trinajstić information content (AvgIpc) is 3.16. The molecular formula is C40H46N4O6. The van der Waals surface area contributed by atoms with E-state index >= 15 is 0 Å². The van der Waals surface area contributed by atoms with E-state index in [2.05, 4.69) is 50.8 Å². The van der Waals surface area contributed by atoms with E-state index in [1.165, 1.54) is 12.7 Å². The second kappa shape index (κ2) is 17.4. The van der Waals surface area contributed by atoms with Crippen molar-refractivity contribution >= 4 is 17.7 Å². The van der Waals surface area contributed by atoms with E-state index in [0.29, 0.717) is 18.5 Å². The number of anilines is 1. The third-order valence-corrected chi connectivity index (χ3v) is 9.28. The van der Waals surface area contributed by atoms with E-state index in [1.807, 2.05) is 72.8 Å². The predicted octanol–water partition coefficient (Wildman–Crippen LogP) is 5.45. The summed E-state index contributed by atoms with van der Waals surface area (Å²) < 4.78 is 18.1. The van der Waals surface area contributed by atoms with E-state index in [9.17, 15) is 14.7 Å². The van der Waals surface area contributed by atoms with Crippen molar-refractivity contribution in [3.05, 3.63) is 137 Å². The zero-order valence-corrected chi connectivity index (χ0v) is 28.4. The molecule has 0 aliphatic carbocycles. The third kappa shape index (κ3) is 9.77. The van der Waals surface area contributed by atoms with Crippen molar-refractivity contribution in [2.75, 3.05) is 45.2 Å². The Morgan fingerprint density at radius 2 is 1.48 bits per heavy atom. The highest BCUT2D eigenvalue weighted by atomic mass is 16.7. The number of hydrogen-bond acceptors (Lipinski definition) is 8. The van der Waals surface area contributed by atoms with Gasteiger partial charge in [-0.2, -0.15) is 0 Å². The summed E-state index contributed by atoms with van der Waals surface area (Å²) >= 11 is 0. The number of ether oxygens (including phenoxy) is 3. The molecule has 50 heavy (non-hydrogen) atoms. The number of hydrogen-bond donors (Lipinski definition) is 3. The average molecular weight is 679 g/mol. The zero-order chi connectivity index (χ0) is 34.7. The highest BCUT2D eigenvalue weighted by Crippen LogP contribution is 2.38. The van der Waals surface area contributed by atoms with Gasteiger partial charge in [-0.05, 0) is 34.4 Å². The van der Waals surface area contributed by atoms with Gasteiger partial charge in [0.15, 0.2) is 6.29 Å². The summed E-state index contributed by atoms with van der Waals surface area (Å²) in [7, 11) is 1.31. The molecule has 4 atom stereocenters. The lowest BCUT2D eigenvalue weighted by Gasteiger charge is -2.41. The molecule has 2 saturated heterocycles. The van der Waals surface area contributed by atoms with E-state index in [4.69, 9.17) is 14.2 Å². The number of aliphatic hydroxyl groups is 1. The van der Waals surface area contributed by atoms with Crippen LogP contribution in [0.5, 0.6) is 0 Å². The normalized spacial score (nSPS) is 20.5.